The monoisotopic (exact) mass is 462 g/mol. The molecule has 33 heavy (non-hydrogen) atoms. The van der Waals surface area contributed by atoms with E-state index in [1.54, 1.807) is 36.7 Å². The van der Waals surface area contributed by atoms with E-state index in [0.29, 0.717) is 30.4 Å². The number of nitrogens with zero attached hydrogens (tertiary/aromatic N) is 5. The van der Waals surface area contributed by atoms with Crippen LogP contribution in [0.25, 0.3) is 34.3 Å². The molecule has 0 unspecified atom stereocenters. The van der Waals surface area contributed by atoms with E-state index in [4.69, 9.17) is 4.42 Å². The minimum Gasteiger partial charge on any atom is -0.415 e. The fraction of sp³-hybridized carbons (Fsp3) is 0.217. The minimum absolute atomic E-state index is 0.260. The quantitative estimate of drug-likeness (QED) is 0.446. The van der Waals surface area contributed by atoms with Crippen LogP contribution < -0.4 is 5.32 Å². The third-order valence-corrected chi connectivity index (χ3v) is 7.38. The molecule has 0 spiro atoms. The molecule has 1 saturated heterocycles. The van der Waals surface area contributed by atoms with Crippen molar-refractivity contribution < 1.29 is 12.8 Å². The normalized spacial score (nSPS) is 14.2. The van der Waals surface area contributed by atoms with Crippen LogP contribution in [0.2, 0.25) is 0 Å². The summed E-state index contributed by atoms with van der Waals surface area (Å²) in [7, 11) is -1.52. The maximum Gasteiger partial charge on any atom is 0.268 e. The van der Waals surface area contributed by atoms with Gasteiger partial charge in [0.15, 0.2) is 0 Å². The van der Waals surface area contributed by atoms with Crippen molar-refractivity contribution in [1.29, 1.82) is 0 Å². The van der Waals surface area contributed by atoms with Gasteiger partial charge in [-0.2, -0.15) is 4.31 Å². The standard InChI is InChI=1S/C23H22N6O3S/c1-24-13-16-3-5-18(6-4-16)22-27-28-23(32-22)21-15-25-14-20(26-21)17-7-9-19(10-8-17)33(30,31)29-11-2-12-29/h3-10,14-15,24H,2,11-13H2,1H3. The molecule has 10 heteroatoms. The summed E-state index contributed by atoms with van der Waals surface area (Å²) in [6.45, 7) is 1.93. The van der Waals surface area contributed by atoms with E-state index in [9.17, 15) is 8.42 Å². The lowest BCUT2D eigenvalue weighted by molar-refractivity contribution is 0.309. The molecule has 9 nitrogen and oxygen atoms in total. The Morgan fingerprint density at radius 2 is 1.58 bits per heavy atom. The van der Waals surface area contributed by atoms with Crippen molar-refractivity contribution in [3.63, 3.8) is 0 Å². The molecule has 0 radical (unpaired) electrons. The Bertz CT molecular complexity index is 1360. The Labute approximate surface area is 191 Å². The molecule has 2 aromatic heterocycles. The van der Waals surface area contributed by atoms with Gasteiger partial charge in [-0.3, -0.25) is 4.98 Å². The maximum atomic E-state index is 12.5. The van der Waals surface area contributed by atoms with Gasteiger partial charge in [0.05, 0.1) is 23.0 Å². The molecule has 0 amide bonds. The molecular weight excluding hydrogens is 440 g/mol. The Balaban J connectivity index is 1.37. The molecule has 0 aliphatic carbocycles. The van der Waals surface area contributed by atoms with Crippen LogP contribution in [0, 0.1) is 0 Å². The molecule has 1 aliphatic heterocycles. The summed E-state index contributed by atoms with van der Waals surface area (Å²) in [6, 6.07) is 14.5. The third-order valence-electron chi connectivity index (χ3n) is 5.46. The number of aromatic nitrogens is 4. The lowest BCUT2D eigenvalue weighted by atomic mass is 10.1. The van der Waals surface area contributed by atoms with E-state index in [-0.39, 0.29) is 10.8 Å². The summed E-state index contributed by atoms with van der Waals surface area (Å²) in [4.78, 5) is 9.11. The van der Waals surface area contributed by atoms with Crippen LogP contribution in [0.4, 0.5) is 0 Å². The van der Waals surface area contributed by atoms with Crippen molar-refractivity contribution in [1.82, 2.24) is 29.8 Å². The molecule has 1 aliphatic rings. The van der Waals surface area contributed by atoms with Gasteiger partial charge in [0, 0.05) is 30.8 Å². The number of hydrogen-bond acceptors (Lipinski definition) is 8. The summed E-state index contributed by atoms with van der Waals surface area (Å²) in [5.41, 5.74) is 3.73. The molecule has 2 aromatic carbocycles. The van der Waals surface area contributed by atoms with Crippen molar-refractivity contribution in [2.24, 2.45) is 0 Å². The fourth-order valence-corrected chi connectivity index (χ4v) is 5.01. The molecule has 3 heterocycles. The van der Waals surface area contributed by atoms with Crippen LogP contribution in [0.15, 0.2) is 70.2 Å². The van der Waals surface area contributed by atoms with E-state index in [0.717, 1.165) is 29.7 Å². The SMILES string of the molecule is CNCc1ccc(-c2nnc(-c3cncc(-c4ccc(S(=O)(=O)N5CCC5)cc4)n3)o2)cc1. The van der Waals surface area contributed by atoms with Gasteiger partial charge in [-0.15, -0.1) is 10.2 Å². The summed E-state index contributed by atoms with van der Waals surface area (Å²) < 4.78 is 32.4. The lowest BCUT2D eigenvalue weighted by Crippen LogP contribution is -2.41. The van der Waals surface area contributed by atoms with Gasteiger partial charge in [0.1, 0.15) is 5.69 Å². The van der Waals surface area contributed by atoms with E-state index >= 15 is 0 Å². The van der Waals surface area contributed by atoms with Gasteiger partial charge in [0.25, 0.3) is 5.89 Å². The van der Waals surface area contributed by atoms with E-state index in [1.807, 2.05) is 31.3 Å². The van der Waals surface area contributed by atoms with E-state index in [2.05, 4.69) is 25.5 Å². The van der Waals surface area contributed by atoms with Crippen LogP contribution >= 0.6 is 0 Å². The maximum absolute atomic E-state index is 12.5. The molecule has 0 saturated carbocycles. The molecule has 1 fully saturated rings. The zero-order valence-electron chi connectivity index (χ0n) is 18.0. The van der Waals surface area contributed by atoms with Gasteiger partial charge < -0.3 is 9.73 Å². The van der Waals surface area contributed by atoms with Gasteiger partial charge in [0.2, 0.25) is 15.9 Å². The number of nitrogens with one attached hydrogen (secondary N) is 1. The second kappa shape index (κ2) is 8.81. The largest absolute Gasteiger partial charge is 0.415 e. The van der Waals surface area contributed by atoms with Gasteiger partial charge >= 0.3 is 0 Å². The first-order valence-electron chi connectivity index (χ1n) is 10.5. The van der Waals surface area contributed by atoms with Gasteiger partial charge in [-0.1, -0.05) is 24.3 Å². The van der Waals surface area contributed by atoms with Crippen molar-refractivity contribution >= 4 is 10.0 Å². The van der Waals surface area contributed by atoms with E-state index < -0.39 is 10.0 Å². The first-order chi connectivity index (χ1) is 16.0. The van der Waals surface area contributed by atoms with Crippen molar-refractivity contribution in [3.8, 4) is 34.3 Å². The minimum atomic E-state index is -3.42. The second-order valence-corrected chi connectivity index (χ2v) is 9.65. The smallest absolute Gasteiger partial charge is 0.268 e. The Hall–Kier alpha value is -3.47. The predicted octanol–water partition coefficient (Wildman–Crippen LogP) is 2.97. The summed E-state index contributed by atoms with van der Waals surface area (Å²) >= 11 is 0. The Morgan fingerprint density at radius 1 is 0.909 bits per heavy atom. The molecule has 168 valence electrons. The highest BCUT2D eigenvalue weighted by molar-refractivity contribution is 7.89. The lowest BCUT2D eigenvalue weighted by Gasteiger charge is -2.29. The zero-order chi connectivity index (χ0) is 22.8. The molecule has 4 aromatic rings. The van der Waals surface area contributed by atoms with Crippen LogP contribution in [0.1, 0.15) is 12.0 Å². The molecular formula is C23H22N6O3S. The Morgan fingerprint density at radius 3 is 2.24 bits per heavy atom. The number of benzene rings is 2. The highest BCUT2D eigenvalue weighted by Gasteiger charge is 2.29. The van der Waals surface area contributed by atoms with Crippen molar-refractivity contribution in [2.45, 2.75) is 17.9 Å². The molecule has 0 atom stereocenters. The summed E-state index contributed by atoms with van der Waals surface area (Å²) in [6.07, 6.45) is 4.07. The molecule has 0 bridgehead atoms. The van der Waals surface area contributed by atoms with Crippen LogP contribution in [-0.2, 0) is 16.6 Å². The topological polar surface area (TPSA) is 114 Å². The highest BCUT2D eigenvalue weighted by atomic mass is 32.2. The molecule has 5 rings (SSSR count). The van der Waals surface area contributed by atoms with Crippen molar-refractivity contribution in [3.05, 3.63) is 66.5 Å². The van der Waals surface area contributed by atoms with Crippen LogP contribution in [0.5, 0.6) is 0 Å². The predicted molar refractivity (Wildman–Crippen MR) is 122 cm³/mol. The third kappa shape index (κ3) is 4.28. The van der Waals surface area contributed by atoms with E-state index in [1.165, 1.54) is 4.31 Å². The van der Waals surface area contributed by atoms with Crippen LogP contribution in [-0.4, -0.2) is 53.0 Å². The summed E-state index contributed by atoms with van der Waals surface area (Å²) in [5.74, 6) is 0.657. The first kappa shape index (κ1) is 21.4. The van der Waals surface area contributed by atoms with Crippen LogP contribution in [0.3, 0.4) is 0 Å². The van der Waals surface area contributed by atoms with Crippen molar-refractivity contribution in [2.75, 3.05) is 20.1 Å². The molecule has 1 N–H and O–H groups in total. The highest BCUT2D eigenvalue weighted by Crippen LogP contribution is 2.27. The fourth-order valence-electron chi connectivity index (χ4n) is 3.50. The number of sulfonamides is 1. The van der Waals surface area contributed by atoms with Gasteiger partial charge in [-0.05, 0) is 43.3 Å². The average molecular weight is 463 g/mol. The second-order valence-electron chi connectivity index (χ2n) is 7.71. The number of rotatable bonds is 7. The number of hydrogen-bond donors (Lipinski definition) is 1. The Kier molecular flexibility index (Phi) is 5.71. The average Bonchev–Trinajstić information content (AvgIpc) is 3.29. The first-order valence-corrected chi connectivity index (χ1v) is 12.0. The summed E-state index contributed by atoms with van der Waals surface area (Å²) in [5, 5.41) is 11.4. The van der Waals surface area contributed by atoms with Gasteiger partial charge in [-0.25, -0.2) is 13.4 Å². The zero-order valence-corrected chi connectivity index (χ0v) is 18.8.